The number of thiazole rings is 1. The van der Waals surface area contributed by atoms with Crippen molar-refractivity contribution in [2.45, 2.75) is 12.8 Å². The minimum absolute atomic E-state index is 0.00810. The topological polar surface area (TPSA) is 54.0 Å². The number of benzene rings is 1. The van der Waals surface area contributed by atoms with Crippen molar-refractivity contribution < 1.29 is 4.79 Å². The molecule has 3 rings (SSSR count). The summed E-state index contributed by atoms with van der Waals surface area (Å²) in [5.41, 5.74) is 3.12. The maximum atomic E-state index is 12.0. The molecule has 1 aromatic heterocycles. The van der Waals surface area contributed by atoms with Gasteiger partial charge in [-0.15, -0.1) is 11.3 Å². The molecule has 4 nitrogen and oxygen atoms in total. The number of rotatable bonds is 4. The predicted molar refractivity (Wildman–Crippen MR) is 76.8 cm³/mol. The van der Waals surface area contributed by atoms with Crippen LogP contribution in [0.1, 0.15) is 20.9 Å². The second kappa shape index (κ2) is 5.40. The minimum Gasteiger partial charge on any atom is -0.384 e. The normalized spacial score (nSPS) is 12.8. The van der Waals surface area contributed by atoms with Gasteiger partial charge in [0.1, 0.15) is 0 Å². The Morgan fingerprint density at radius 3 is 3.26 bits per heavy atom. The van der Waals surface area contributed by atoms with E-state index in [0.717, 1.165) is 35.6 Å². The smallest absolute Gasteiger partial charge is 0.251 e. The largest absolute Gasteiger partial charge is 0.384 e. The molecule has 0 fully saturated rings. The van der Waals surface area contributed by atoms with E-state index in [4.69, 9.17) is 0 Å². The zero-order valence-electron chi connectivity index (χ0n) is 10.5. The minimum atomic E-state index is -0.00810. The van der Waals surface area contributed by atoms with E-state index in [2.05, 4.69) is 15.6 Å². The van der Waals surface area contributed by atoms with Gasteiger partial charge in [0.2, 0.25) is 0 Å². The Bertz CT molecular complexity index is 580. The summed E-state index contributed by atoms with van der Waals surface area (Å²) < 4.78 is 0. The monoisotopic (exact) mass is 273 g/mol. The van der Waals surface area contributed by atoms with Crippen molar-refractivity contribution in [2.75, 3.05) is 18.4 Å². The van der Waals surface area contributed by atoms with Gasteiger partial charge in [-0.25, -0.2) is 4.98 Å². The van der Waals surface area contributed by atoms with E-state index in [1.165, 1.54) is 5.56 Å². The highest BCUT2D eigenvalue weighted by atomic mass is 32.1. The molecule has 2 heterocycles. The summed E-state index contributed by atoms with van der Waals surface area (Å²) in [5.74, 6) is -0.00810. The van der Waals surface area contributed by atoms with Gasteiger partial charge in [-0.3, -0.25) is 4.79 Å². The van der Waals surface area contributed by atoms with Gasteiger partial charge in [-0.1, -0.05) is 0 Å². The van der Waals surface area contributed by atoms with Crippen LogP contribution >= 0.6 is 11.3 Å². The van der Waals surface area contributed by atoms with Crippen LogP contribution in [0.25, 0.3) is 0 Å². The average molecular weight is 273 g/mol. The molecule has 0 atom stereocenters. The third kappa shape index (κ3) is 2.76. The molecule has 0 radical (unpaired) electrons. The lowest BCUT2D eigenvalue weighted by Crippen LogP contribution is -2.25. The Hall–Kier alpha value is -1.88. The maximum Gasteiger partial charge on any atom is 0.251 e. The molecule has 1 aliphatic rings. The molecule has 98 valence electrons. The molecule has 1 aromatic carbocycles. The van der Waals surface area contributed by atoms with Gasteiger partial charge < -0.3 is 10.6 Å². The van der Waals surface area contributed by atoms with Crippen molar-refractivity contribution in [1.82, 2.24) is 10.3 Å². The summed E-state index contributed by atoms with van der Waals surface area (Å²) in [6.07, 6.45) is 3.57. The van der Waals surface area contributed by atoms with Crippen molar-refractivity contribution in [3.05, 3.63) is 45.9 Å². The van der Waals surface area contributed by atoms with Crippen LogP contribution in [0, 0.1) is 0 Å². The van der Waals surface area contributed by atoms with Crippen LogP contribution < -0.4 is 10.6 Å². The lowest BCUT2D eigenvalue weighted by atomic mass is 10.1. The molecule has 19 heavy (non-hydrogen) atoms. The first-order valence-corrected chi connectivity index (χ1v) is 7.24. The number of nitrogens with zero attached hydrogens (tertiary/aromatic N) is 1. The second-order valence-corrected chi connectivity index (χ2v) is 5.46. The highest BCUT2D eigenvalue weighted by molar-refractivity contribution is 7.09. The Labute approximate surface area is 115 Å². The second-order valence-electron chi connectivity index (χ2n) is 4.48. The molecule has 5 heteroatoms. The summed E-state index contributed by atoms with van der Waals surface area (Å²) in [6, 6.07) is 5.84. The summed E-state index contributed by atoms with van der Waals surface area (Å²) >= 11 is 1.62. The Morgan fingerprint density at radius 1 is 1.47 bits per heavy atom. The van der Waals surface area contributed by atoms with Crippen LogP contribution in [0.3, 0.4) is 0 Å². The van der Waals surface area contributed by atoms with E-state index in [9.17, 15) is 4.79 Å². The lowest BCUT2D eigenvalue weighted by Gasteiger charge is -2.06. The number of fused-ring (bicyclic) bond motifs is 1. The molecule has 0 bridgehead atoms. The number of nitrogens with one attached hydrogen (secondary N) is 2. The molecule has 1 amide bonds. The zero-order valence-corrected chi connectivity index (χ0v) is 11.3. The summed E-state index contributed by atoms with van der Waals surface area (Å²) in [4.78, 5) is 16.2. The maximum absolute atomic E-state index is 12.0. The van der Waals surface area contributed by atoms with Crippen molar-refractivity contribution in [2.24, 2.45) is 0 Å². The SMILES string of the molecule is O=C(NCCc1nccs1)c1ccc2c(c1)CCN2. The molecule has 0 spiro atoms. The Balaban J connectivity index is 1.58. The fourth-order valence-corrected chi connectivity index (χ4v) is 2.83. The number of hydrogen-bond donors (Lipinski definition) is 2. The number of anilines is 1. The van der Waals surface area contributed by atoms with Crippen LogP contribution in [0.4, 0.5) is 5.69 Å². The van der Waals surface area contributed by atoms with Gasteiger partial charge in [-0.2, -0.15) is 0 Å². The first-order valence-electron chi connectivity index (χ1n) is 6.36. The lowest BCUT2D eigenvalue weighted by molar-refractivity contribution is 0.0954. The Kier molecular flexibility index (Phi) is 3.46. The number of amides is 1. The van der Waals surface area contributed by atoms with Gasteiger partial charge in [0.05, 0.1) is 5.01 Å². The van der Waals surface area contributed by atoms with E-state index in [1.807, 2.05) is 23.6 Å². The quantitative estimate of drug-likeness (QED) is 0.897. The number of carbonyl (C=O) groups is 1. The van der Waals surface area contributed by atoms with Crippen LogP contribution in [0.2, 0.25) is 0 Å². The molecule has 2 aromatic rings. The number of aromatic nitrogens is 1. The van der Waals surface area contributed by atoms with Crippen LogP contribution in [-0.2, 0) is 12.8 Å². The first kappa shape index (κ1) is 12.2. The first-order chi connectivity index (χ1) is 9.33. The van der Waals surface area contributed by atoms with Gasteiger partial charge in [0.15, 0.2) is 0 Å². The molecule has 2 N–H and O–H groups in total. The molecular weight excluding hydrogens is 258 g/mol. The molecular formula is C14H15N3OS. The van der Waals surface area contributed by atoms with E-state index >= 15 is 0 Å². The van der Waals surface area contributed by atoms with Crippen LogP contribution in [0.5, 0.6) is 0 Å². The van der Waals surface area contributed by atoms with Crippen molar-refractivity contribution >= 4 is 22.9 Å². The average Bonchev–Trinajstić information content (AvgIpc) is 3.08. The molecule has 0 saturated heterocycles. The van der Waals surface area contributed by atoms with Gasteiger partial charge >= 0.3 is 0 Å². The fraction of sp³-hybridized carbons (Fsp3) is 0.286. The third-order valence-corrected chi connectivity index (χ3v) is 4.02. The van der Waals surface area contributed by atoms with E-state index in [1.54, 1.807) is 17.5 Å². The Morgan fingerprint density at radius 2 is 2.42 bits per heavy atom. The summed E-state index contributed by atoms with van der Waals surface area (Å²) in [6.45, 7) is 1.59. The van der Waals surface area contributed by atoms with Crippen LogP contribution in [-0.4, -0.2) is 24.0 Å². The highest BCUT2D eigenvalue weighted by Crippen LogP contribution is 2.22. The van der Waals surface area contributed by atoms with Crippen molar-refractivity contribution in [3.8, 4) is 0 Å². The summed E-state index contributed by atoms with van der Waals surface area (Å²) in [7, 11) is 0. The molecule has 0 saturated carbocycles. The molecule has 1 aliphatic heterocycles. The van der Waals surface area contributed by atoms with Crippen LogP contribution in [0.15, 0.2) is 29.8 Å². The van der Waals surface area contributed by atoms with Crippen molar-refractivity contribution in [3.63, 3.8) is 0 Å². The van der Waals surface area contributed by atoms with E-state index < -0.39 is 0 Å². The highest BCUT2D eigenvalue weighted by Gasteiger charge is 2.13. The predicted octanol–water partition coefficient (Wildman–Crippen LogP) is 2.08. The van der Waals surface area contributed by atoms with Crippen molar-refractivity contribution in [1.29, 1.82) is 0 Å². The molecule has 0 unspecified atom stereocenters. The molecule has 0 aliphatic carbocycles. The standard InChI is InChI=1S/C14H15N3OS/c18-14(17-6-4-13-16-7-8-19-13)11-1-2-12-10(9-11)3-5-15-12/h1-2,7-9,15H,3-6H2,(H,17,18). The third-order valence-electron chi connectivity index (χ3n) is 3.19. The van der Waals surface area contributed by atoms with Gasteiger partial charge in [-0.05, 0) is 30.2 Å². The van der Waals surface area contributed by atoms with E-state index in [0.29, 0.717) is 6.54 Å². The number of hydrogen-bond acceptors (Lipinski definition) is 4. The zero-order chi connectivity index (χ0) is 13.1. The van der Waals surface area contributed by atoms with E-state index in [-0.39, 0.29) is 5.91 Å². The van der Waals surface area contributed by atoms with Gasteiger partial charge in [0.25, 0.3) is 5.91 Å². The van der Waals surface area contributed by atoms with Gasteiger partial charge in [0, 0.05) is 42.3 Å². The fourth-order valence-electron chi connectivity index (χ4n) is 2.21. The number of carbonyl (C=O) groups excluding carboxylic acids is 1. The summed E-state index contributed by atoms with van der Waals surface area (Å²) in [5, 5.41) is 9.23.